The van der Waals surface area contributed by atoms with E-state index in [0.717, 1.165) is 31.2 Å². The van der Waals surface area contributed by atoms with Crippen LogP contribution >= 0.6 is 0 Å². The highest BCUT2D eigenvalue weighted by molar-refractivity contribution is 5.26. The number of hydrogen-bond acceptors (Lipinski definition) is 1. The van der Waals surface area contributed by atoms with E-state index in [4.69, 9.17) is 5.73 Å². The minimum Gasteiger partial charge on any atom is -0.328 e. The van der Waals surface area contributed by atoms with Crippen molar-refractivity contribution in [3.8, 4) is 0 Å². The van der Waals surface area contributed by atoms with Gasteiger partial charge in [-0.3, -0.25) is 0 Å². The maximum Gasteiger partial charge on any atom is 0.123 e. The van der Waals surface area contributed by atoms with Crippen LogP contribution in [-0.2, 0) is 5.41 Å². The molecule has 0 heterocycles. The van der Waals surface area contributed by atoms with Gasteiger partial charge in [-0.15, -0.1) is 0 Å². The fourth-order valence-corrected chi connectivity index (χ4v) is 2.43. The Balaban J connectivity index is 2.22. The summed E-state index contributed by atoms with van der Waals surface area (Å²) in [5.41, 5.74) is 7.13. The molecule has 0 saturated heterocycles. The number of rotatable bonds is 1. The van der Waals surface area contributed by atoms with E-state index < -0.39 is 0 Å². The zero-order valence-corrected chi connectivity index (χ0v) is 9.17. The van der Waals surface area contributed by atoms with Crippen LogP contribution in [0.25, 0.3) is 0 Å². The molecule has 2 rings (SSSR count). The van der Waals surface area contributed by atoms with Crippen LogP contribution in [0.4, 0.5) is 4.39 Å². The van der Waals surface area contributed by atoms with Crippen molar-refractivity contribution in [3.63, 3.8) is 0 Å². The first kappa shape index (κ1) is 10.6. The van der Waals surface area contributed by atoms with Gasteiger partial charge in [-0.1, -0.05) is 19.1 Å². The van der Waals surface area contributed by atoms with Crippen LogP contribution in [0.15, 0.2) is 24.3 Å². The van der Waals surface area contributed by atoms with Crippen LogP contribution in [0.3, 0.4) is 0 Å². The van der Waals surface area contributed by atoms with Gasteiger partial charge in [0.15, 0.2) is 0 Å². The topological polar surface area (TPSA) is 26.0 Å². The molecule has 0 unspecified atom stereocenters. The summed E-state index contributed by atoms with van der Waals surface area (Å²) < 4.78 is 13.1. The first-order valence-corrected chi connectivity index (χ1v) is 5.62. The number of hydrogen-bond donors (Lipinski definition) is 1. The molecular weight excluding hydrogens is 189 g/mol. The van der Waals surface area contributed by atoms with Gasteiger partial charge in [-0.05, 0) is 48.8 Å². The van der Waals surface area contributed by atoms with E-state index in [1.54, 1.807) is 12.1 Å². The molecule has 82 valence electrons. The first-order valence-electron chi connectivity index (χ1n) is 5.62. The standard InChI is InChI=1S/C13H18FN/c1-13(7-5-12(15)6-8-13)10-3-2-4-11(14)9-10/h2-4,9,12H,5-8,15H2,1H3. The Bertz CT molecular complexity index is 340. The van der Waals surface area contributed by atoms with E-state index in [9.17, 15) is 4.39 Å². The molecule has 0 amide bonds. The van der Waals surface area contributed by atoms with Crippen molar-refractivity contribution in [3.05, 3.63) is 35.6 Å². The van der Waals surface area contributed by atoms with E-state index in [-0.39, 0.29) is 11.2 Å². The zero-order chi connectivity index (χ0) is 10.9. The van der Waals surface area contributed by atoms with Gasteiger partial charge in [0.05, 0.1) is 0 Å². The average molecular weight is 207 g/mol. The lowest BCUT2D eigenvalue weighted by atomic mass is 9.70. The third-order valence-corrected chi connectivity index (χ3v) is 3.66. The van der Waals surface area contributed by atoms with Gasteiger partial charge < -0.3 is 5.73 Å². The summed E-state index contributed by atoms with van der Waals surface area (Å²) in [5, 5.41) is 0. The molecule has 1 aliphatic rings. The van der Waals surface area contributed by atoms with E-state index in [2.05, 4.69) is 6.92 Å². The van der Waals surface area contributed by atoms with Crippen molar-refractivity contribution >= 4 is 0 Å². The van der Waals surface area contributed by atoms with Crippen LogP contribution in [-0.4, -0.2) is 6.04 Å². The lowest BCUT2D eigenvalue weighted by molar-refractivity contribution is 0.292. The van der Waals surface area contributed by atoms with Gasteiger partial charge in [-0.25, -0.2) is 4.39 Å². The Morgan fingerprint density at radius 2 is 2.00 bits per heavy atom. The van der Waals surface area contributed by atoms with Crippen LogP contribution in [0.2, 0.25) is 0 Å². The molecule has 0 aromatic heterocycles. The molecule has 1 fully saturated rings. The van der Waals surface area contributed by atoms with E-state index >= 15 is 0 Å². The highest BCUT2D eigenvalue weighted by Crippen LogP contribution is 2.38. The average Bonchev–Trinajstić information content (AvgIpc) is 2.23. The van der Waals surface area contributed by atoms with Gasteiger partial charge in [0.25, 0.3) is 0 Å². The third kappa shape index (κ3) is 2.20. The summed E-state index contributed by atoms with van der Waals surface area (Å²) >= 11 is 0. The molecule has 0 aliphatic heterocycles. The summed E-state index contributed by atoms with van der Waals surface area (Å²) in [6.45, 7) is 2.22. The summed E-state index contributed by atoms with van der Waals surface area (Å²) in [4.78, 5) is 0. The number of benzene rings is 1. The maximum atomic E-state index is 13.1. The molecule has 2 N–H and O–H groups in total. The molecule has 15 heavy (non-hydrogen) atoms. The third-order valence-electron chi connectivity index (χ3n) is 3.66. The molecule has 0 radical (unpaired) electrons. The Hall–Kier alpha value is -0.890. The molecule has 0 atom stereocenters. The minimum atomic E-state index is -0.136. The van der Waals surface area contributed by atoms with Gasteiger partial charge >= 0.3 is 0 Å². The minimum absolute atomic E-state index is 0.123. The fraction of sp³-hybridized carbons (Fsp3) is 0.538. The first-order chi connectivity index (χ1) is 7.10. The Kier molecular flexibility index (Phi) is 2.79. The predicted molar refractivity (Wildman–Crippen MR) is 60.2 cm³/mol. The van der Waals surface area contributed by atoms with Gasteiger partial charge in [0, 0.05) is 6.04 Å². The predicted octanol–water partition coefficient (Wildman–Crippen LogP) is 2.98. The van der Waals surface area contributed by atoms with Crippen molar-refractivity contribution in [2.24, 2.45) is 5.73 Å². The maximum absolute atomic E-state index is 13.1. The van der Waals surface area contributed by atoms with Crippen LogP contribution in [0.5, 0.6) is 0 Å². The van der Waals surface area contributed by atoms with Gasteiger partial charge in [0.2, 0.25) is 0 Å². The lowest BCUT2D eigenvalue weighted by Crippen LogP contribution is -2.34. The monoisotopic (exact) mass is 207 g/mol. The summed E-state index contributed by atoms with van der Waals surface area (Å²) in [7, 11) is 0. The van der Waals surface area contributed by atoms with E-state index in [0.29, 0.717) is 6.04 Å². The number of halogens is 1. The van der Waals surface area contributed by atoms with Crippen molar-refractivity contribution in [2.75, 3.05) is 0 Å². The van der Waals surface area contributed by atoms with E-state index in [1.807, 2.05) is 6.07 Å². The Morgan fingerprint density at radius 1 is 1.33 bits per heavy atom. The summed E-state index contributed by atoms with van der Waals surface area (Å²) in [6, 6.07) is 7.33. The molecule has 1 nitrogen and oxygen atoms in total. The molecule has 0 bridgehead atoms. The zero-order valence-electron chi connectivity index (χ0n) is 9.17. The van der Waals surface area contributed by atoms with Crippen LogP contribution in [0, 0.1) is 5.82 Å². The smallest absolute Gasteiger partial charge is 0.123 e. The molecule has 1 aliphatic carbocycles. The van der Waals surface area contributed by atoms with Crippen molar-refractivity contribution in [2.45, 2.75) is 44.1 Å². The summed E-state index contributed by atoms with van der Waals surface area (Å²) in [6.07, 6.45) is 4.23. The van der Waals surface area contributed by atoms with Gasteiger partial charge in [0.1, 0.15) is 5.82 Å². The van der Waals surface area contributed by atoms with Crippen LogP contribution < -0.4 is 5.73 Å². The highest BCUT2D eigenvalue weighted by atomic mass is 19.1. The highest BCUT2D eigenvalue weighted by Gasteiger charge is 2.31. The fourth-order valence-electron chi connectivity index (χ4n) is 2.43. The second kappa shape index (κ2) is 3.93. The quantitative estimate of drug-likeness (QED) is 0.752. The molecule has 0 spiro atoms. The largest absolute Gasteiger partial charge is 0.328 e. The van der Waals surface area contributed by atoms with Crippen molar-refractivity contribution in [1.29, 1.82) is 0 Å². The normalized spacial score (nSPS) is 31.5. The van der Waals surface area contributed by atoms with Crippen molar-refractivity contribution in [1.82, 2.24) is 0 Å². The second-order valence-electron chi connectivity index (χ2n) is 4.91. The Labute approximate surface area is 90.5 Å². The van der Waals surface area contributed by atoms with E-state index in [1.165, 1.54) is 6.07 Å². The lowest BCUT2D eigenvalue weighted by Gasteiger charge is -2.36. The van der Waals surface area contributed by atoms with Gasteiger partial charge in [-0.2, -0.15) is 0 Å². The van der Waals surface area contributed by atoms with Crippen molar-refractivity contribution < 1.29 is 4.39 Å². The summed E-state index contributed by atoms with van der Waals surface area (Å²) in [5.74, 6) is -0.136. The second-order valence-corrected chi connectivity index (χ2v) is 4.91. The van der Waals surface area contributed by atoms with Crippen LogP contribution in [0.1, 0.15) is 38.2 Å². The molecule has 1 aromatic carbocycles. The SMILES string of the molecule is CC1(c2cccc(F)c2)CCC(N)CC1. The number of nitrogens with two attached hydrogens (primary N) is 1. The Morgan fingerprint density at radius 3 is 2.60 bits per heavy atom. The molecule has 2 heteroatoms. The molecular formula is C13H18FN. The molecule has 1 aromatic rings. The molecule has 1 saturated carbocycles.